The van der Waals surface area contributed by atoms with Gasteiger partial charge in [0.25, 0.3) is 0 Å². The van der Waals surface area contributed by atoms with Crippen molar-refractivity contribution < 1.29 is 17.6 Å². The second-order valence-electron chi connectivity index (χ2n) is 7.14. The molecule has 1 aliphatic rings. The van der Waals surface area contributed by atoms with Crippen LogP contribution in [0.1, 0.15) is 18.4 Å². The van der Waals surface area contributed by atoms with Crippen LogP contribution >= 0.6 is 11.6 Å². The fraction of sp³-hybridized carbons (Fsp3) is 0.238. The third kappa shape index (κ3) is 3.73. The summed E-state index contributed by atoms with van der Waals surface area (Å²) in [5, 5.41) is 0.979. The number of nitrogens with zero attached hydrogens (tertiary/aromatic N) is 2. The third-order valence-corrected chi connectivity index (χ3v) is 5.23. The van der Waals surface area contributed by atoms with Gasteiger partial charge in [-0.25, -0.2) is 9.18 Å². The van der Waals surface area contributed by atoms with Crippen molar-refractivity contribution in [1.82, 2.24) is 9.97 Å². The highest BCUT2D eigenvalue weighted by atomic mass is 35.5. The summed E-state index contributed by atoms with van der Waals surface area (Å²) < 4.78 is 53.5. The van der Waals surface area contributed by atoms with E-state index < -0.39 is 23.1 Å². The zero-order valence-electron chi connectivity index (χ0n) is 15.6. The zero-order chi connectivity index (χ0) is 21.7. The predicted molar refractivity (Wildman–Crippen MR) is 106 cm³/mol. The molecule has 4 rings (SSSR count). The number of hydrogen-bond donors (Lipinski definition) is 1. The molecule has 4 nitrogen and oxygen atoms in total. The SMILES string of the molecule is CN(c1cc(F)cc(C#CC2(C(F)(F)F)CC2)c1)c1nc(=O)[nH]c2cc(Cl)ccc12. The Morgan fingerprint density at radius 3 is 2.60 bits per heavy atom. The van der Waals surface area contributed by atoms with E-state index in [1.165, 1.54) is 17.0 Å². The Morgan fingerprint density at radius 1 is 1.20 bits per heavy atom. The lowest BCUT2D eigenvalue weighted by molar-refractivity contribution is -0.168. The van der Waals surface area contributed by atoms with Crippen LogP contribution in [0.2, 0.25) is 5.02 Å². The smallest absolute Gasteiger partial charge is 0.329 e. The van der Waals surface area contributed by atoms with Crippen molar-refractivity contribution in [2.75, 3.05) is 11.9 Å². The van der Waals surface area contributed by atoms with Gasteiger partial charge in [-0.3, -0.25) is 0 Å². The molecule has 9 heteroatoms. The van der Waals surface area contributed by atoms with Crippen molar-refractivity contribution in [2.45, 2.75) is 19.0 Å². The fourth-order valence-corrected chi connectivity index (χ4v) is 3.30. The van der Waals surface area contributed by atoms with Crippen LogP contribution in [0.4, 0.5) is 29.1 Å². The molecule has 3 aromatic rings. The van der Waals surface area contributed by atoms with Gasteiger partial charge >= 0.3 is 11.9 Å². The van der Waals surface area contributed by atoms with E-state index in [9.17, 15) is 22.4 Å². The summed E-state index contributed by atoms with van der Waals surface area (Å²) in [7, 11) is 1.57. The maximum atomic E-state index is 14.2. The molecule has 1 heterocycles. The van der Waals surface area contributed by atoms with Crippen LogP contribution in [0.5, 0.6) is 0 Å². The molecule has 1 aliphatic carbocycles. The molecule has 1 aromatic heterocycles. The van der Waals surface area contributed by atoms with Crippen molar-refractivity contribution in [3.63, 3.8) is 0 Å². The van der Waals surface area contributed by atoms with Crippen LogP contribution in [-0.2, 0) is 0 Å². The Hall–Kier alpha value is -3.05. The van der Waals surface area contributed by atoms with Crippen LogP contribution in [0, 0.1) is 23.1 Å². The van der Waals surface area contributed by atoms with Gasteiger partial charge in [0.2, 0.25) is 0 Å². The monoisotopic (exact) mass is 435 g/mol. The normalized spacial score (nSPS) is 14.9. The van der Waals surface area contributed by atoms with Gasteiger partial charge in [0, 0.05) is 28.7 Å². The highest BCUT2D eigenvalue weighted by Crippen LogP contribution is 2.57. The quantitative estimate of drug-likeness (QED) is 0.446. The number of H-pyrrole nitrogens is 1. The highest BCUT2D eigenvalue weighted by Gasteiger charge is 2.62. The lowest BCUT2D eigenvalue weighted by Gasteiger charge is -2.20. The minimum absolute atomic E-state index is 0.0587. The maximum absolute atomic E-state index is 14.2. The van der Waals surface area contributed by atoms with Gasteiger partial charge in [0.05, 0.1) is 5.52 Å². The zero-order valence-corrected chi connectivity index (χ0v) is 16.3. The second kappa shape index (κ2) is 7.03. The Morgan fingerprint density at radius 2 is 1.93 bits per heavy atom. The molecule has 0 aliphatic heterocycles. The summed E-state index contributed by atoms with van der Waals surface area (Å²) in [5.74, 6) is 4.29. The Bertz CT molecular complexity index is 1270. The molecule has 1 N–H and O–H groups in total. The van der Waals surface area contributed by atoms with Crippen molar-refractivity contribution >= 4 is 34.0 Å². The van der Waals surface area contributed by atoms with Crippen LogP contribution in [-0.4, -0.2) is 23.2 Å². The maximum Gasteiger partial charge on any atom is 0.405 e. The molecular formula is C21H14ClF4N3O. The van der Waals surface area contributed by atoms with E-state index >= 15 is 0 Å². The number of alkyl halides is 3. The van der Waals surface area contributed by atoms with Gasteiger partial charge < -0.3 is 9.88 Å². The standard InChI is InChI=1S/C21H14ClF4N3O/c1-29(18-16-3-2-13(22)10-17(16)27-19(30)28-18)15-9-12(8-14(23)11-15)4-5-20(6-7-20)21(24,25)26/h2-3,8-11H,6-7H2,1H3,(H,27,28,30). The van der Waals surface area contributed by atoms with E-state index in [1.807, 2.05) is 0 Å². The topological polar surface area (TPSA) is 49.0 Å². The fourth-order valence-electron chi connectivity index (χ4n) is 3.13. The number of halogens is 5. The van der Waals surface area contributed by atoms with Gasteiger partial charge in [-0.2, -0.15) is 18.2 Å². The molecule has 0 unspecified atom stereocenters. The van der Waals surface area contributed by atoms with Crippen LogP contribution in [0.15, 0.2) is 41.2 Å². The predicted octanol–water partition coefficient (Wildman–Crippen LogP) is 5.18. The van der Waals surface area contributed by atoms with Crippen LogP contribution in [0.3, 0.4) is 0 Å². The number of nitrogens with one attached hydrogen (secondary N) is 1. The number of benzene rings is 2. The van der Waals surface area contributed by atoms with Crippen LogP contribution in [0.25, 0.3) is 10.9 Å². The van der Waals surface area contributed by atoms with Gasteiger partial charge in [0.15, 0.2) is 0 Å². The Labute approximate surface area is 173 Å². The molecular weight excluding hydrogens is 422 g/mol. The minimum Gasteiger partial charge on any atom is -0.329 e. The molecule has 2 aromatic carbocycles. The second-order valence-corrected chi connectivity index (χ2v) is 7.58. The molecule has 0 radical (unpaired) electrons. The first-order valence-electron chi connectivity index (χ1n) is 8.92. The molecule has 0 atom stereocenters. The van der Waals surface area contributed by atoms with Crippen molar-refractivity contribution in [3.05, 3.63) is 63.3 Å². The molecule has 0 saturated heterocycles. The van der Waals surface area contributed by atoms with E-state index in [0.717, 1.165) is 6.07 Å². The lowest BCUT2D eigenvalue weighted by Crippen LogP contribution is -2.22. The van der Waals surface area contributed by atoms with E-state index in [4.69, 9.17) is 11.6 Å². The van der Waals surface area contributed by atoms with Crippen molar-refractivity contribution in [1.29, 1.82) is 0 Å². The average Bonchev–Trinajstić information content (AvgIpc) is 3.45. The summed E-state index contributed by atoms with van der Waals surface area (Å²) in [6.07, 6.45) is -4.53. The summed E-state index contributed by atoms with van der Waals surface area (Å²) in [6.45, 7) is 0. The molecule has 1 saturated carbocycles. The van der Waals surface area contributed by atoms with Gasteiger partial charge in [-0.1, -0.05) is 23.4 Å². The molecule has 0 amide bonds. The van der Waals surface area contributed by atoms with Gasteiger partial charge in [-0.05, 0) is 49.2 Å². The number of anilines is 2. The first kappa shape index (κ1) is 20.2. The molecule has 1 fully saturated rings. The molecule has 0 spiro atoms. The molecule has 30 heavy (non-hydrogen) atoms. The summed E-state index contributed by atoms with van der Waals surface area (Å²) in [5.41, 5.74) is -1.80. The van der Waals surface area contributed by atoms with E-state index in [0.29, 0.717) is 15.9 Å². The first-order valence-corrected chi connectivity index (χ1v) is 9.30. The Kier molecular flexibility index (Phi) is 4.74. The van der Waals surface area contributed by atoms with E-state index in [2.05, 4.69) is 21.8 Å². The van der Waals surface area contributed by atoms with Crippen molar-refractivity contribution in [2.24, 2.45) is 5.41 Å². The Balaban J connectivity index is 1.76. The summed E-state index contributed by atoms with van der Waals surface area (Å²) in [4.78, 5) is 20.0. The minimum atomic E-state index is -4.41. The van der Waals surface area contributed by atoms with Gasteiger partial charge in [-0.15, -0.1) is 0 Å². The number of hydrogen-bond acceptors (Lipinski definition) is 3. The number of fused-ring (bicyclic) bond motifs is 1. The van der Waals surface area contributed by atoms with E-state index in [-0.39, 0.29) is 29.9 Å². The summed E-state index contributed by atoms with van der Waals surface area (Å²) >= 11 is 5.97. The van der Waals surface area contributed by atoms with Gasteiger partial charge in [0.1, 0.15) is 17.1 Å². The molecule has 0 bridgehead atoms. The molecule has 154 valence electrons. The summed E-state index contributed by atoms with van der Waals surface area (Å²) in [6, 6.07) is 8.55. The first-order chi connectivity index (χ1) is 14.1. The third-order valence-electron chi connectivity index (χ3n) is 5.00. The van der Waals surface area contributed by atoms with E-state index in [1.54, 1.807) is 25.2 Å². The van der Waals surface area contributed by atoms with Crippen LogP contribution < -0.4 is 10.6 Å². The lowest BCUT2D eigenvalue weighted by atomic mass is 10.1. The highest BCUT2D eigenvalue weighted by molar-refractivity contribution is 6.31. The number of aromatic amines is 1. The van der Waals surface area contributed by atoms with Crippen molar-refractivity contribution in [3.8, 4) is 11.8 Å². The number of rotatable bonds is 2. The average molecular weight is 436 g/mol. The number of aromatic nitrogens is 2. The largest absolute Gasteiger partial charge is 0.405 e.